The van der Waals surface area contributed by atoms with Gasteiger partial charge < -0.3 is 19.8 Å². The molecule has 1 aromatic carbocycles. The van der Waals surface area contributed by atoms with E-state index >= 15 is 0 Å². The third-order valence-electron chi connectivity index (χ3n) is 5.47. The van der Waals surface area contributed by atoms with Gasteiger partial charge in [-0.2, -0.15) is 0 Å². The third kappa shape index (κ3) is 3.71. The molecule has 2 N–H and O–H groups in total. The molecule has 0 saturated carbocycles. The monoisotopic (exact) mass is 400 g/mol. The molecule has 0 amide bonds. The summed E-state index contributed by atoms with van der Waals surface area (Å²) >= 11 is 1.56. The Labute approximate surface area is 168 Å². The van der Waals surface area contributed by atoms with Crippen LogP contribution in [0.1, 0.15) is 26.4 Å². The molecule has 1 saturated heterocycles. The van der Waals surface area contributed by atoms with Crippen LogP contribution in [0.5, 0.6) is 11.5 Å². The average Bonchev–Trinajstić information content (AvgIpc) is 3.23. The highest BCUT2D eigenvalue weighted by molar-refractivity contribution is 7.11. The van der Waals surface area contributed by atoms with E-state index in [0.717, 1.165) is 36.6 Å². The van der Waals surface area contributed by atoms with Crippen molar-refractivity contribution < 1.29 is 24.6 Å². The summed E-state index contributed by atoms with van der Waals surface area (Å²) in [5, 5.41) is 23.6. The number of ether oxygens (including phenoxy) is 1. The number of aryl methyl sites for hydroxylation is 1. The van der Waals surface area contributed by atoms with Crippen LogP contribution in [0, 0.1) is 6.92 Å². The molecule has 0 spiro atoms. The Morgan fingerprint density at radius 3 is 2.79 bits per heavy atom. The zero-order chi connectivity index (χ0) is 19.7. The highest BCUT2D eigenvalue weighted by Gasteiger charge is 2.31. The van der Waals surface area contributed by atoms with Crippen molar-refractivity contribution >= 4 is 23.2 Å². The highest BCUT2D eigenvalue weighted by atomic mass is 32.1. The van der Waals surface area contributed by atoms with Crippen LogP contribution in [0.15, 0.2) is 29.3 Å². The minimum atomic E-state index is -0.160. The first-order valence-electron chi connectivity index (χ1n) is 9.55. The number of nitrogens with one attached hydrogen (secondary N) is 1. The number of quaternary nitrogens is 1. The predicted molar refractivity (Wildman–Crippen MR) is 106 cm³/mol. The Morgan fingerprint density at radius 1 is 1.32 bits per heavy atom. The molecule has 0 aliphatic carbocycles. The largest absolute Gasteiger partial charge is 0.872 e. The first-order chi connectivity index (χ1) is 13.6. The number of β-amino-alcohol motifs (C(OH)–C–C–N with tert-alkyl or cyclic N) is 1. The van der Waals surface area contributed by atoms with Crippen molar-refractivity contribution in [3.63, 3.8) is 0 Å². The van der Waals surface area contributed by atoms with Gasteiger partial charge in [0.1, 0.15) is 12.3 Å². The van der Waals surface area contributed by atoms with Crippen LogP contribution in [0.4, 0.5) is 0 Å². The molecular formula is C21H24N2O4S. The van der Waals surface area contributed by atoms with Gasteiger partial charge in [-0.25, -0.2) is 0 Å². The van der Waals surface area contributed by atoms with Gasteiger partial charge in [0.15, 0.2) is 5.76 Å². The molecule has 6 nitrogen and oxygen atoms in total. The lowest BCUT2D eigenvalue weighted by Gasteiger charge is -2.32. The molecule has 2 aliphatic rings. The van der Waals surface area contributed by atoms with E-state index in [1.807, 2.05) is 18.4 Å². The number of piperazine rings is 1. The first-order valence-corrected chi connectivity index (χ1v) is 10.4. The molecule has 0 unspecified atom stereocenters. The van der Waals surface area contributed by atoms with Gasteiger partial charge in [-0.1, -0.05) is 11.8 Å². The summed E-state index contributed by atoms with van der Waals surface area (Å²) in [5.41, 5.74) is 2.16. The number of thiophene rings is 1. The van der Waals surface area contributed by atoms with Crippen LogP contribution in [0.2, 0.25) is 0 Å². The SMILES string of the molecule is Cc1ccsc1/C=C1\Oc2c(ccc([O-])c2C[NH+]2CCN(CCO)CC2)C1=O. The zero-order valence-electron chi connectivity index (χ0n) is 15.9. The van der Waals surface area contributed by atoms with E-state index in [1.165, 1.54) is 11.0 Å². The summed E-state index contributed by atoms with van der Waals surface area (Å²) in [5.74, 6) is 0.482. The number of aliphatic hydroxyl groups excluding tert-OH is 1. The van der Waals surface area contributed by atoms with Crippen molar-refractivity contribution in [2.45, 2.75) is 13.5 Å². The van der Waals surface area contributed by atoms with Gasteiger partial charge in [-0.05, 0) is 30.0 Å². The van der Waals surface area contributed by atoms with Crippen LogP contribution in [-0.4, -0.2) is 55.1 Å². The van der Waals surface area contributed by atoms with Gasteiger partial charge in [0.25, 0.3) is 0 Å². The number of fused-ring (bicyclic) bond motifs is 1. The Bertz CT molecular complexity index is 913. The average molecular weight is 401 g/mol. The summed E-state index contributed by atoms with van der Waals surface area (Å²) in [6, 6.07) is 5.07. The molecule has 148 valence electrons. The Morgan fingerprint density at radius 2 is 2.11 bits per heavy atom. The van der Waals surface area contributed by atoms with Crippen LogP contribution in [0.3, 0.4) is 0 Å². The number of ketones is 1. The fourth-order valence-corrected chi connectivity index (χ4v) is 4.62. The maximum absolute atomic E-state index is 12.8. The number of allylic oxidation sites excluding steroid dienone is 1. The molecule has 3 heterocycles. The second kappa shape index (κ2) is 8.05. The van der Waals surface area contributed by atoms with E-state index in [0.29, 0.717) is 30.0 Å². The Kier molecular flexibility index (Phi) is 5.50. The van der Waals surface area contributed by atoms with Crippen molar-refractivity contribution in [3.8, 4) is 11.5 Å². The van der Waals surface area contributed by atoms with Crippen LogP contribution in [0.25, 0.3) is 6.08 Å². The summed E-state index contributed by atoms with van der Waals surface area (Å²) in [4.78, 5) is 17.3. The summed E-state index contributed by atoms with van der Waals surface area (Å²) in [6.07, 6.45) is 1.77. The standard InChI is InChI=1S/C21H24N2O4S/c1-14-4-11-28-19(14)12-18-20(26)15-2-3-17(25)16(21(15)27-18)13-23-7-5-22(6-8-23)9-10-24/h2-4,11-12,24-25H,5-10,13H2,1H3/b18-12-. The number of carbonyl (C=O) groups is 1. The topological polar surface area (TPSA) is 77.3 Å². The number of aliphatic hydroxyl groups is 1. The van der Waals surface area contributed by atoms with E-state index in [4.69, 9.17) is 9.84 Å². The molecule has 28 heavy (non-hydrogen) atoms. The molecule has 2 aliphatic heterocycles. The van der Waals surface area contributed by atoms with Gasteiger partial charge in [0.2, 0.25) is 5.78 Å². The fourth-order valence-electron chi connectivity index (χ4n) is 3.77. The maximum Gasteiger partial charge on any atom is 0.232 e. The molecule has 1 fully saturated rings. The first kappa shape index (κ1) is 19.1. The summed E-state index contributed by atoms with van der Waals surface area (Å²) < 4.78 is 5.92. The lowest BCUT2D eigenvalue weighted by molar-refractivity contribution is -0.918. The Hall–Kier alpha value is -2.19. The normalized spacial score (nSPS) is 19.2. The van der Waals surface area contributed by atoms with Crippen molar-refractivity contribution in [2.75, 3.05) is 39.3 Å². The van der Waals surface area contributed by atoms with Crippen molar-refractivity contribution in [1.29, 1.82) is 0 Å². The van der Waals surface area contributed by atoms with E-state index in [2.05, 4.69) is 4.90 Å². The van der Waals surface area contributed by atoms with Gasteiger partial charge in [-0.15, -0.1) is 11.3 Å². The van der Waals surface area contributed by atoms with Crippen molar-refractivity contribution in [3.05, 3.63) is 50.9 Å². The zero-order valence-corrected chi connectivity index (χ0v) is 16.7. The lowest BCUT2D eigenvalue weighted by Crippen LogP contribution is -3.13. The summed E-state index contributed by atoms with van der Waals surface area (Å²) in [6.45, 7) is 6.98. The highest BCUT2D eigenvalue weighted by Crippen LogP contribution is 2.38. The van der Waals surface area contributed by atoms with Gasteiger partial charge >= 0.3 is 0 Å². The maximum atomic E-state index is 12.8. The van der Waals surface area contributed by atoms with Gasteiger partial charge in [0.05, 0.1) is 25.3 Å². The van der Waals surface area contributed by atoms with E-state index in [1.54, 1.807) is 23.5 Å². The number of hydrogen-bond donors (Lipinski definition) is 2. The number of rotatable bonds is 5. The molecule has 1 aromatic heterocycles. The lowest BCUT2D eigenvalue weighted by atomic mass is 10.0. The molecule has 4 rings (SSSR count). The minimum absolute atomic E-state index is 0.0783. The van der Waals surface area contributed by atoms with Gasteiger partial charge in [0, 0.05) is 36.2 Å². The quantitative estimate of drug-likeness (QED) is 0.713. The molecule has 0 bridgehead atoms. The van der Waals surface area contributed by atoms with Gasteiger partial charge in [-0.3, -0.25) is 9.69 Å². The second-order valence-electron chi connectivity index (χ2n) is 7.32. The fraction of sp³-hybridized carbons (Fsp3) is 0.381. The number of carbonyl (C=O) groups excluding carboxylic acids is 1. The molecular weight excluding hydrogens is 376 g/mol. The number of nitrogens with zero attached hydrogens (tertiary/aromatic N) is 1. The Balaban J connectivity index is 1.55. The number of Topliss-reactive ketones (excluding diaryl/α,β-unsaturated/α-hetero) is 1. The van der Waals surface area contributed by atoms with Crippen LogP contribution in [-0.2, 0) is 6.54 Å². The minimum Gasteiger partial charge on any atom is -0.872 e. The van der Waals surface area contributed by atoms with Crippen molar-refractivity contribution in [1.82, 2.24) is 4.90 Å². The van der Waals surface area contributed by atoms with E-state index in [-0.39, 0.29) is 23.9 Å². The van der Waals surface area contributed by atoms with E-state index in [9.17, 15) is 9.90 Å². The smallest absolute Gasteiger partial charge is 0.232 e. The molecule has 2 aromatic rings. The molecule has 0 atom stereocenters. The third-order valence-corrected chi connectivity index (χ3v) is 6.43. The molecule has 7 heteroatoms. The summed E-state index contributed by atoms with van der Waals surface area (Å²) in [7, 11) is 0. The van der Waals surface area contributed by atoms with Crippen LogP contribution >= 0.6 is 11.3 Å². The van der Waals surface area contributed by atoms with Crippen LogP contribution < -0.4 is 14.7 Å². The molecule has 0 radical (unpaired) electrons. The van der Waals surface area contributed by atoms with E-state index < -0.39 is 0 Å². The number of hydrogen-bond acceptors (Lipinski definition) is 6. The van der Waals surface area contributed by atoms with Crippen molar-refractivity contribution in [2.24, 2.45) is 0 Å². The predicted octanol–water partition coefficient (Wildman–Crippen LogP) is 0.439. The number of benzene rings is 1. The second-order valence-corrected chi connectivity index (χ2v) is 8.27.